The molecule has 0 spiro atoms. The van der Waals surface area contributed by atoms with Gasteiger partial charge in [0.2, 0.25) is 5.78 Å². The molecule has 4 rings (SSSR count). The summed E-state index contributed by atoms with van der Waals surface area (Å²) < 4.78 is 42.2. The standard InChI is InChI=1S/C23H15F3N2O3/c1-28-19-13-16(14-7-10-17(11-8-14)31-23(24,25)26)9-12-18(19)27-20(22(28)30)21(29)15-5-3-2-4-6-15/h2-13H,1H3. The highest BCUT2D eigenvalue weighted by atomic mass is 19.4. The molecule has 0 aliphatic heterocycles. The zero-order valence-electron chi connectivity index (χ0n) is 16.2. The van der Waals surface area contributed by atoms with E-state index in [0.717, 1.165) is 0 Å². The van der Waals surface area contributed by atoms with Gasteiger partial charge in [-0.15, -0.1) is 13.2 Å². The van der Waals surface area contributed by atoms with Crippen molar-refractivity contribution in [1.29, 1.82) is 0 Å². The number of carbonyl (C=O) groups excluding carboxylic acids is 1. The van der Waals surface area contributed by atoms with Crippen LogP contribution in [-0.2, 0) is 7.05 Å². The fraction of sp³-hybridized carbons (Fsp3) is 0.0870. The summed E-state index contributed by atoms with van der Waals surface area (Å²) >= 11 is 0. The van der Waals surface area contributed by atoms with Crippen molar-refractivity contribution in [2.75, 3.05) is 0 Å². The molecular weight excluding hydrogens is 409 g/mol. The lowest BCUT2D eigenvalue weighted by atomic mass is 10.0. The number of hydrogen-bond acceptors (Lipinski definition) is 4. The van der Waals surface area contributed by atoms with E-state index in [2.05, 4.69) is 9.72 Å². The summed E-state index contributed by atoms with van der Waals surface area (Å²) in [5, 5.41) is 0. The van der Waals surface area contributed by atoms with Crippen molar-refractivity contribution in [2.24, 2.45) is 7.05 Å². The van der Waals surface area contributed by atoms with Gasteiger partial charge in [-0.05, 0) is 35.4 Å². The Morgan fingerprint density at radius 3 is 2.23 bits per heavy atom. The lowest BCUT2D eigenvalue weighted by Gasteiger charge is -2.11. The average Bonchev–Trinajstić information content (AvgIpc) is 2.75. The zero-order chi connectivity index (χ0) is 22.2. The predicted molar refractivity (Wildman–Crippen MR) is 109 cm³/mol. The van der Waals surface area contributed by atoms with Gasteiger partial charge in [0.15, 0.2) is 5.69 Å². The van der Waals surface area contributed by atoms with E-state index < -0.39 is 17.7 Å². The van der Waals surface area contributed by atoms with E-state index in [0.29, 0.717) is 27.7 Å². The summed E-state index contributed by atoms with van der Waals surface area (Å²) in [6.07, 6.45) is -4.76. The second-order valence-electron chi connectivity index (χ2n) is 6.80. The molecule has 31 heavy (non-hydrogen) atoms. The zero-order valence-corrected chi connectivity index (χ0v) is 16.2. The number of ketones is 1. The molecule has 0 unspecified atom stereocenters. The molecule has 0 aliphatic rings. The van der Waals surface area contributed by atoms with Crippen molar-refractivity contribution < 1.29 is 22.7 Å². The Morgan fingerprint density at radius 2 is 1.58 bits per heavy atom. The summed E-state index contributed by atoms with van der Waals surface area (Å²) in [7, 11) is 1.54. The summed E-state index contributed by atoms with van der Waals surface area (Å²) in [6.45, 7) is 0. The summed E-state index contributed by atoms with van der Waals surface area (Å²) in [4.78, 5) is 29.8. The smallest absolute Gasteiger partial charge is 0.406 e. The minimum Gasteiger partial charge on any atom is -0.406 e. The second kappa shape index (κ2) is 7.71. The molecule has 0 saturated carbocycles. The number of fused-ring (bicyclic) bond motifs is 1. The second-order valence-corrected chi connectivity index (χ2v) is 6.80. The largest absolute Gasteiger partial charge is 0.573 e. The molecule has 0 saturated heterocycles. The minimum atomic E-state index is -4.76. The quantitative estimate of drug-likeness (QED) is 0.445. The fourth-order valence-electron chi connectivity index (χ4n) is 3.23. The summed E-state index contributed by atoms with van der Waals surface area (Å²) in [5.41, 5.74) is 1.89. The summed E-state index contributed by atoms with van der Waals surface area (Å²) in [5.74, 6) is -0.789. The first-order valence-corrected chi connectivity index (χ1v) is 9.20. The van der Waals surface area contributed by atoms with Gasteiger partial charge in [0.1, 0.15) is 5.75 Å². The highest BCUT2D eigenvalue weighted by Crippen LogP contribution is 2.28. The highest BCUT2D eigenvalue weighted by Gasteiger charge is 2.31. The third-order valence-electron chi connectivity index (χ3n) is 4.75. The van der Waals surface area contributed by atoms with Crippen LogP contribution in [0.15, 0.2) is 77.6 Å². The number of nitrogens with zero attached hydrogens (tertiary/aromatic N) is 2. The molecule has 0 radical (unpaired) electrons. The minimum absolute atomic E-state index is 0.178. The normalized spacial score (nSPS) is 11.5. The van der Waals surface area contributed by atoms with Crippen LogP contribution in [0.3, 0.4) is 0 Å². The third-order valence-corrected chi connectivity index (χ3v) is 4.75. The van der Waals surface area contributed by atoms with Crippen LogP contribution in [0.2, 0.25) is 0 Å². The van der Waals surface area contributed by atoms with Crippen LogP contribution < -0.4 is 10.3 Å². The van der Waals surface area contributed by atoms with Crippen LogP contribution in [-0.4, -0.2) is 21.7 Å². The molecule has 4 aromatic rings. The maximum Gasteiger partial charge on any atom is 0.573 e. The van der Waals surface area contributed by atoms with E-state index >= 15 is 0 Å². The van der Waals surface area contributed by atoms with Crippen molar-refractivity contribution in [3.8, 4) is 16.9 Å². The molecule has 0 N–H and O–H groups in total. The molecule has 156 valence electrons. The third kappa shape index (κ3) is 4.18. The number of ether oxygens (including phenoxy) is 1. The number of rotatable bonds is 4. The van der Waals surface area contributed by atoms with Crippen LogP contribution in [0.4, 0.5) is 13.2 Å². The van der Waals surface area contributed by atoms with Crippen molar-refractivity contribution in [3.05, 3.63) is 94.4 Å². The van der Waals surface area contributed by atoms with Gasteiger partial charge in [-0.25, -0.2) is 4.98 Å². The maximum atomic E-state index is 12.8. The Balaban J connectivity index is 1.73. The van der Waals surface area contributed by atoms with E-state index in [1.54, 1.807) is 48.5 Å². The van der Waals surface area contributed by atoms with E-state index in [-0.39, 0.29) is 11.4 Å². The first kappa shape index (κ1) is 20.3. The molecule has 5 nitrogen and oxygen atoms in total. The first-order valence-electron chi connectivity index (χ1n) is 9.20. The number of aryl methyl sites for hydroxylation is 1. The Morgan fingerprint density at radius 1 is 0.935 bits per heavy atom. The van der Waals surface area contributed by atoms with Crippen molar-refractivity contribution >= 4 is 16.8 Å². The number of benzene rings is 3. The van der Waals surface area contributed by atoms with Gasteiger partial charge in [0.25, 0.3) is 5.56 Å². The molecule has 0 fully saturated rings. The lowest BCUT2D eigenvalue weighted by Crippen LogP contribution is -2.27. The van der Waals surface area contributed by atoms with Crippen LogP contribution in [0.5, 0.6) is 5.75 Å². The Kier molecular flexibility index (Phi) is 5.06. The lowest BCUT2D eigenvalue weighted by molar-refractivity contribution is -0.274. The van der Waals surface area contributed by atoms with Gasteiger partial charge in [-0.2, -0.15) is 0 Å². The molecule has 0 bridgehead atoms. The van der Waals surface area contributed by atoms with E-state index in [4.69, 9.17) is 0 Å². The number of carbonyl (C=O) groups is 1. The monoisotopic (exact) mass is 424 g/mol. The molecule has 0 amide bonds. The van der Waals surface area contributed by atoms with Crippen molar-refractivity contribution in [2.45, 2.75) is 6.36 Å². The van der Waals surface area contributed by atoms with Gasteiger partial charge < -0.3 is 9.30 Å². The Labute approximate surface area is 174 Å². The molecule has 0 aliphatic carbocycles. The van der Waals surface area contributed by atoms with Gasteiger partial charge in [-0.3, -0.25) is 9.59 Å². The van der Waals surface area contributed by atoms with Gasteiger partial charge in [0, 0.05) is 12.6 Å². The number of aromatic nitrogens is 2. The maximum absolute atomic E-state index is 12.8. The molecule has 0 atom stereocenters. The van der Waals surface area contributed by atoms with Crippen LogP contribution in [0.25, 0.3) is 22.2 Å². The SMILES string of the molecule is Cn1c(=O)c(C(=O)c2ccccc2)nc2ccc(-c3ccc(OC(F)(F)F)cc3)cc21. The fourth-order valence-corrected chi connectivity index (χ4v) is 3.23. The van der Waals surface area contributed by atoms with Gasteiger partial charge in [0.05, 0.1) is 11.0 Å². The number of halogens is 3. The van der Waals surface area contributed by atoms with E-state index in [1.165, 1.54) is 35.9 Å². The Bertz CT molecular complexity index is 1330. The molecule has 1 heterocycles. The van der Waals surface area contributed by atoms with Crippen LogP contribution >= 0.6 is 0 Å². The van der Waals surface area contributed by atoms with E-state index in [9.17, 15) is 22.8 Å². The van der Waals surface area contributed by atoms with Crippen LogP contribution in [0, 0.1) is 0 Å². The van der Waals surface area contributed by atoms with Crippen LogP contribution in [0.1, 0.15) is 16.1 Å². The number of alkyl halides is 3. The topological polar surface area (TPSA) is 61.2 Å². The molecular formula is C23H15F3N2O3. The van der Waals surface area contributed by atoms with Gasteiger partial charge >= 0.3 is 6.36 Å². The average molecular weight is 424 g/mol. The van der Waals surface area contributed by atoms with Crippen molar-refractivity contribution in [3.63, 3.8) is 0 Å². The molecule has 1 aromatic heterocycles. The molecule has 8 heteroatoms. The van der Waals surface area contributed by atoms with E-state index in [1.807, 2.05) is 0 Å². The Hall–Kier alpha value is -3.94. The predicted octanol–water partition coefficient (Wildman–Crippen LogP) is 4.73. The number of hydrogen-bond donors (Lipinski definition) is 0. The van der Waals surface area contributed by atoms with Gasteiger partial charge in [-0.1, -0.05) is 48.5 Å². The first-order chi connectivity index (χ1) is 14.7. The summed E-state index contributed by atoms with van der Waals surface area (Å²) in [6, 6.07) is 18.9. The van der Waals surface area contributed by atoms with Crippen molar-refractivity contribution in [1.82, 2.24) is 9.55 Å². The molecule has 3 aromatic carbocycles. The highest BCUT2D eigenvalue weighted by molar-refractivity contribution is 6.08.